The highest BCUT2D eigenvalue weighted by Gasteiger charge is 2.20. The summed E-state index contributed by atoms with van der Waals surface area (Å²) in [5.74, 6) is 1.43. The Kier molecular flexibility index (Phi) is 6.28. The van der Waals surface area contributed by atoms with Gasteiger partial charge in [0.15, 0.2) is 0 Å². The second kappa shape index (κ2) is 8.20. The van der Waals surface area contributed by atoms with E-state index in [9.17, 15) is 4.79 Å². The van der Waals surface area contributed by atoms with Crippen molar-refractivity contribution in [2.24, 2.45) is 5.92 Å². The van der Waals surface area contributed by atoms with Crippen molar-refractivity contribution in [2.75, 3.05) is 33.8 Å². The molecule has 4 nitrogen and oxygen atoms in total. The van der Waals surface area contributed by atoms with Gasteiger partial charge in [-0.15, -0.1) is 0 Å². The Labute approximate surface area is 137 Å². The van der Waals surface area contributed by atoms with Crippen molar-refractivity contribution in [3.8, 4) is 5.75 Å². The highest BCUT2D eigenvalue weighted by molar-refractivity contribution is 6.30. The molecule has 1 amide bonds. The number of carbonyl (C=O) groups excluding carboxylic acids is 1. The first-order valence-corrected chi connectivity index (χ1v) is 7.97. The maximum atomic E-state index is 12.3. The molecule has 0 aromatic heterocycles. The van der Waals surface area contributed by atoms with E-state index in [1.165, 1.54) is 0 Å². The molecule has 1 aromatic rings. The molecule has 5 heteroatoms. The van der Waals surface area contributed by atoms with Gasteiger partial charge < -0.3 is 15.0 Å². The average Bonchev–Trinajstić information content (AvgIpc) is 2.54. The summed E-state index contributed by atoms with van der Waals surface area (Å²) < 4.78 is 5.28. The van der Waals surface area contributed by atoms with Gasteiger partial charge in [-0.3, -0.25) is 4.79 Å². The van der Waals surface area contributed by atoms with E-state index in [2.05, 4.69) is 5.32 Å². The van der Waals surface area contributed by atoms with E-state index in [0.29, 0.717) is 16.7 Å². The largest absolute Gasteiger partial charge is 0.496 e. The molecular weight excluding hydrogens is 300 g/mol. The maximum Gasteiger partial charge on any atom is 0.246 e. The monoisotopic (exact) mass is 322 g/mol. The Morgan fingerprint density at radius 3 is 2.82 bits per heavy atom. The molecule has 1 saturated heterocycles. The smallest absolute Gasteiger partial charge is 0.246 e. The number of hydrogen-bond donors (Lipinski definition) is 1. The van der Waals surface area contributed by atoms with Crippen LogP contribution in [-0.4, -0.2) is 44.6 Å². The molecule has 0 radical (unpaired) electrons. The van der Waals surface area contributed by atoms with Gasteiger partial charge >= 0.3 is 0 Å². The summed E-state index contributed by atoms with van der Waals surface area (Å²) in [5, 5.41) is 3.83. The summed E-state index contributed by atoms with van der Waals surface area (Å²) >= 11 is 5.99. The lowest BCUT2D eigenvalue weighted by atomic mass is 9.97. The normalized spacial score (nSPS) is 16.2. The van der Waals surface area contributed by atoms with Crippen molar-refractivity contribution < 1.29 is 9.53 Å². The van der Waals surface area contributed by atoms with E-state index in [0.717, 1.165) is 38.0 Å². The van der Waals surface area contributed by atoms with Crippen LogP contribution in [0.5, 0.6) is 5.75 Å². The standard InChI is InChI=1S/C17H23ClN2O2/c1-19-12-13-7-9-20(10-8-13)17(21)6-3-14-11-15(18)4-5-16(14)22-2/h3-6,11,13,19H,7-10,12H2,1-2H3. The van der Waals surface area contributed by atoms with Crippen LogP contribution in [0.2, 0.25) is 5.02 Å². The Balaban J connectivity index is 1.96. The minimum atomic E-state index is 0.0462. The number of ether oxygens (including phenoxy) is 1. The Hall–Kier alpha value is -1.52. The molecule has 1 fully saturated rings. The summed E-state index contributed by atoms with van der Waals surface area (Å²) in [6.45, 7) is 2.67. The number of hydrogen-bond acceptors (Lipinski definition) is 3. The van der Waals surface area contributed by atoms with Crippen molar-refractivity contribution in [1.29, 1.82) is 0 Å². The average molecular weight is 323 g/mol. The van der Waals surface area contributed by atoms with Crippen molar-refractivity contribution >= 4 is 23.6 Å². The van der Waals surface area contributed by atoms with E-state index >= 15 is 0 Å². The Morgan fingerprint density at radius 1 is 1.45 bits per heavy atom. The molecule has 0 saturated carbocycles. The Bertz CT molecular complexity index is 537. The molecule has 1 N–H and O–H groups in total. The van der Waals surface area contributed by atoms with Crippen LogP contribution in [0.1, 0.15) is 18.4 Å². The van der Waals surface area contributed by atoms with Crippen molar-refractivity contribution in [3.63, 3.8) is 0 Å². The molecule has 1 aromatic carbocycles. The van der Waals surface area contributed by atoms with Gasteiger partial charge in [-0.1, -0.05) is 11.6 Å². The molecular formula is C17H23ClN2O2. The fourth-order valence-electron chi connectivity index (χ4n) is 2.75. The maximum absolute atomic E-state index is 12.3. The van der Waals surface area contributed by atoms with E-state index in [1.807, 2.05) is 11.9 Å². The second-order valence-corrected chi connectivity index (χ2v) is 5.98. The second-order valence-electron chi connectivity index (χ2n) is 5.55. The van der Waals surface area contributed by atoms with Crippen LogP contribution >= 0.6 is 11.6 Å². The van der Waals surface area contributed by atoms with Crippen LogP contribution in [0.3, 0.4) is 0 Å². The quantitative estimate of drug-likeness (QED) is 0.848. The fraction of sp³-hybridized carbons (Fsp3) is 0.471. The summed E-state index contributed by atoms with van der Waals surface area (Å²) in [6, 6.07) is 5.37. The third kappa shape index (κ3) is 4.49. The summed E-state index contributed by atoms with van der Waals surface area (Å²) in [7, 11) is 3.58. The van der Waals surface area contributed by atoms with Crippen LogP contribution in [-0.2, 0) is 4.79 Å². The number of rotatable bonds is 5. The molecule has 0 unspecified atom stereocenters. The van der Waals surface area contributed by atoms with E-state index in [4.69, 9.17) is 16.3 Å². The van der Waals surface area contributed by atoms with Crippen molar-refractivity contribution in [1.82, 2.24) is 10.2 Å². The first-order chi connectivity index (χ1) is 10.6. The lowest BCUT2D eigenvalue weighted by Gasteiger charge is -2.31. The fourth-order valence-corrected chi connectivity index (χ4v) is 2.93. The van der Waals surface area contributed by atoms with Crippen LogP contribution in [0.4, 0.5) is 0 Å². The van der Waals surface area contributed by atoms with Crippen LogP contribution < -0.4 is 10.1 Å². The molecule has 22 heavy (non-hydrogen) atoms. The molecule has 1 aliphatic heterocycles. The number of piperidine rings is 1. The third-order valence-corrected chi connectivity index (χ3v) is 4.25. The zero-order valence-electron chi connectivity index (χ0n) is 13.1. The van der Waals surface area contributed by atoms with Gasteiger partial charge in [0.1, 0.15) is 5.75 Å². The molecule has 0 aliphatic carbocycles. The lowest BCUT2D eigenvalue weighted by molar-refractivity contribution is -0.127. The van der Waals surface area contributed by atoms with Crippen molar-refractivity contribution in [2.45, 2.75) is 12.8 Å². The van der Waals surface area contributed by atoms with Gasteiger partial charge in [0.2, 0.25) is 5.91 Å². The van der Waals surface area contributed by atoms with Crippen molar-refractivity contribution in [3.05, 3.63) is 34.9 Å². The molecule has 1 aliphatic rings. The zero-order chi connectivity index (χ0) is 15.9. The molecule has 0 atom stereocenters. The summed E-state index contributed by atoms with van der Waals surface area (Å²) in [4.78, 5) is 14.2. The number of likely N-dealkylation sites (tertiary alicyclic amines) is 1. The molecule has 2 rings (SSSR count). The predicted molar refractivity (Wildman–Crippen MR) is 90.3 cm³/mol. The minimum Gasteiger partial charge on any atom is -0.496 e. The van der Waals surface area contributed by atoms with Gasteiger partial charge in [0.05, 0.1) is 7.11 Å². The first kappa shape index (κ1) is 16.8. The van der Waals surface area contributed by atoms with Gasteiger partial charge in [0.25, 0.3) is 0 Å². The molecule has 120 valence electrons. The zero-order valence-corrected chi connectivity index (χ0v) is 13.9. The summed E-state index contributed by atoms with van der Waals surface area (Å²) in [5.41, 5.74) is 0.813. The number of nitrogens with one attached hydrogen (secondary N) is 1. The van der Waals surface area contributed by atoms with Gasteiger partial charge in [-0.05, 0) is 56.6 Å². The molecule has 0 bridgehead atoms. The number of benzene rings is 1. The summed E-state index contributed by atoms with van der Waals surface area (Å²) in [6.07, 6.45) is 5.49. The number of amides is 1. The molecule has 0 spiro atoms. The van der Waals surface area contributed by atoms with Crippen LogP contribution in [0, 0.1) is 5.92 Å². The Morgan fingerprint density at radius 2 is 2.18 bits per heavy atom. The lowest BCUT2D eigenvalue weighted by Crippen LogP contribution is -2.39. The van der Waals surface area contributed by atoms with E-state index in [-0.39, 0.29) is 5.91 Å². The van der Waals surface area contributed by atoms with Gasteiger partial charge in [-0.2, -0.15) is 0 Å². The number of methoxy groups -OCH3 is 1. The minimum absolute atomic E-state index is 0.0462. The van der Waals surface area contributed by atoms with Crippen LogP contribution in [0.25, 0.3) is 6.08 Å². The van der Waals surface area contributed by atoms with Gasteiger partial charge in [0, 0.05) is 29.8 Å². The highest BCUT2D eigenvalue weighted by atomic mass is 35.5. The number of nitrogens with zero attached hydrogens (tertiary/aromatic N) is 1. The highest BCUT2D eigenvalue weighted by Crippen LogP contribution is 2.24. The number of carbonyl (C=O) groups is 1. The van der Waals surface area contributed by atoms with E-state index < -0.39 is 0 Å². The van der Waals surface area contributed by atoms with E-state index in [1.54, 1.807) is 37.5 Å². The third-order valence-electron chi connectivity index (χ3n) is 4.02. The molecule has 1 heterocycles. The first-order valence-electron chi connectivity index (χ1n) is 7.59. The SMILES string of the molecule is CNCC1CCN(C(=O)C=Cc2cc(Cl)ccc2OC)CC1. The predicted octanol–water partition coefficient (Wildman–Crippen LogP) is 2.82. The van der Waals surface area contributed by atoms with Crippen LogP contribution in [0.15, 0.2) is 24.3 Å². The van der Waals surface area contributed by atoms with Gasteiger partial charge in [-0.25, -0.2) is 0 Å². The topological polar surface area (TPSA) is 41.6 Å². The number of halogens is 1.